The molecule has 0 fully saturated rings. The first-order valence-electron chi connectivity index (χ1n) is 4.63. The molecule has 0 aromatic heterocycles. The van der Waals surface area contributed by atoms with E-state index in [-0.39, 0.29) is 0 Å². The van der Waals surface area contributed by atoms with E-state index in [1.165, 1.54) is 6.42 Å². The van der Waals surface area contributed by atoms with Crippen molar-refractivity contribution in [1.82, 2.24) is 0 Å². The molecular formula is C11H20. The third-order valence-corrected chi connectivity index (χ3v) is 3.86. The van der Waals surface area contributed by atoms with Gasteiger partial charge in [0.25, 0.3) is 0 Å². The van der Waals surface area contributed by atoms with Crippen LogP contribution in [0.3, 0.4) is 0 Å². The predicted octanol–water partition coefficient (Wildman–Crippen LogP) is 3.63. The highest BCUT2D eigenvalue weighted by molar-refractivity contribution is 5.12. The van der Waals surface area contributed by atoms with Gasteiger partial charge in [0.15, 0.2) is 0 Å². The summed E-state index contributed by atoms with van der Waals surface area (Å²) in [4.78, 5) is 0. The minimum Gasteiger partial charge on any atom is -0.0850 e. The predicted molar refractivity (Wildman–Crippen MR) is 50.5 cm³/mol. The van der Waals surface area contributed by atoms with E-state index in [4.69, 9.17) is 0 Å². The molecule has 0 aliphatic heterocycles. The van der Waals surface area contributed by atoms with E-state index in [1.54, 1.807) is 5.57 Å². The Kier molecular flexibility index (Phi) is 2.13. The second-order valence-electron chi connectivity index (χ2n) is 4.63. The van der Waals surface area contributed by atoms with Crippen molar-refractivity contribution in [2.24, 2.45) is 17.3 Å². The van der Waals surface area contributed by atoms with Gasteiger partial charge in [-0.25, -0.2) is 0 Å². The molecule has 0 bridgehead atoms. The van der Waals surface area contributed by atoms with Crippen molar-refractivity contribution >= 4 is 0 Å². The second-order valence-corrected chi connectivity index (χ2v) is 4.63. The number of hydrogen-bond donors (Lipinski definition) is 0. The van der Waals surface area contributed by atoms with Gasteiger partial charge in [0.1, 0.15) is 0 Å². The van der Waals surface area contributed by atoms with Gasteiger partial charge >= 0.3 is 0 Å². The van der Waals surface area contributed by atoms with E-state index in [2.05, 4.69) is 40.7 Å². The summed E-state index contributed by atoms with van der Waals surface area (Å²) in [5.41, 5.74) is 2.08. The summed E-state index contributed by atoms with van der Waals surface area (Å²) >= 11 is 0. The Morgan fingerprint density at radius 2 is 1.91 bits per heavy atom. The lowest BCUT2D eigenvalue weighted by Crippen LogP contribution is -2.32. The minimum atomic E-state index is 0.499. The van der Waals surface area contributed by atoms with E-state index in [0.29, 0.717) is 5.41 Å². The van der Waals surface area contributed by atoms with Gasteiger partial charge in [-0.1, -0.05) is 39.3 Å². The SMILES string of the molecule is CC1=CCC(C)C(C)(C)C1C. The van der Waals surface area contributed by atoms with Crippen molar-refractivity contribution in [3.05, 3.63) is 11.6 Å². The van der Waals surface area contributed by atoms with Crippen LogP contribution in [0.5, 0.6) is 0 Å². The van der Waals surface area contributed by atoms with Gasteiger partial charge in [0.2, 0.25) is 0 Å². The van der Waals surface area contributed by atoms with Crippen LogP contribution in [0, 0.1) is 17.3 Å². The Morgan fingerprint density at radius 3 is 2.36 bits per heavy atom. The van der Waals surface area contributed by atoms with Crippen LogP contribution in [-0.2, 0) is 0 Å². The van der Waals surface area contributed by atoms with E-state index >= 15 is 0 Å². The van der Waals surface area contributed by atoms with Gasteiger partial charge in [-0.3, -0.25) is 0 Å². The minimum absolute atomic E-state index is 0.499. The monoisotopic (exact) mass is 152 g/mol. The van der Waals surface area contributed by atoms with Crippen LogP contribution < -0.4 is 0 Å². The molecule has 2 atom stereocenters. The van der Waals surface area contributed by atoms with Crippen LogP contribution in [0.4, 0.5) is 0 Å². The van der Waals surface area contributed by atoms with Gasteiger partial charge in [-0.05, 0) is 30.6 Å². The van der Waals surface area contributed by atoms with E-state index in [9.17, 15) is 0 Å². The maximum atomic E-state index is 2.40. The van der Waals surface area contributed by atoms with Gasteiger partial charge < -0.3 is 0 Å². The van der Waals surface area contributed by atoms with E-state index in [0.717, 1.165) is 11.8 Å². The summed E-state index contributed by atoms with van der Waals surface area (Å²) in [5.74, 6) is 1.59. The molecule has 0 nitrogen and oxygen atoms in total. The average Bonchev–Trinajstić information content (AvgIpc) is 1.95. The molecule has 1 aliphatic carbocycles. The smallest absolute Gasteiger partial charge is 0.0180 e. The fraction of sp³-hybridized carbons (Fsp3) is 0.818. The second kappa shape index (κ2) is 2.66. The van der Waals surface area contributed by atoms with Crippen molar-refractivity contribution in [3.63, 3.8) is 0 Å². The fourth-order valence-electron chi connectivity index (χ4n) is 1.86. The highest BCUT2D eigenvalue weighted by Gasteiger charge is 2.34. The molecule has 1 aliphatic rings. The Hall–Kier alpha value is -0.260. The van der Waals surface area contributed by atoms with Gasteiger partial charge in [0, 0.05) is 0 Å². The van der Waals surface area contributed by atoms with Gasteiger partial charge in [0.05, 0.1) is 0 Å². The normalized spacial score (nSPS) is 36.6. The lowest BCUT2D eigenvalue weighted by Gasteiger charge is -2.41. The molecular weight excluding hydrogens is 132 g/mol. The summed E-state index contributed by atoms with van der Waals surface area (Å²) < 4.78 is 0. The molecule has 0 saturated carbocycles. The molecule has 0 aromatic rings. The number of hydrogen-bond acceptors (Lipinski definition) is 0. The molecule has 0 spiro atoms. The largest absolute Gasteiger partial charge is 0.0850 e. The zero-order chi connectivity index (χ0) is 8.65. The van der Waals surface area contributed by atoms with Gasteiger partial charge in [-0.2, -0.15) is 0 Å². The molecule has 0 saturated heterocycles. The third-order valence-electron chi connectivity index (χ3n) is 3.86. The van der Waals surface area contributed by atoms with Crippen LogP contribution in [0.2, 0.25) is 0 Å². The molecule has 0 aromatic carbocycles. The Balaban J connectivity index is 2.89. The van der Waals surface area contributed by atoms with E-state index < -0.39 is 0 Å². The Labute approximate surface area is 70.7 Å². The van der Waals surface area contributed by atoms with Crippen molar-refractivity contribution in [1.29, 1.82) is 0 Å². The standard InChI is InChI=1S/C11H20/c1-8-6-7-9(2)11(4,5)10(8)3/h6,9-10H,7H2,1-5H3. The van der Waals surface area contributed by atoms with Crippen molar-refractivity contribution in [3.8, 4) is 0 Å². The lowest BCUT2D eigenvalue weighted by atomic mass is 9.64. The van der Waals surface area contributed by atoms with Gasteiger partial charge in [-0.15, -0.1) is 0 Å². The zero-order valence-electron chi connectivity index (χ0n) is 8.44. The zero-order valence-corrected chi connectivity index (χ0v) is 8.44. The molecule has 0 N–H and O–H groups in total. The average molecular weight is 152 g/mol. The van der Waals surface area contributed by atoms with Crippen LogP contribution in [0.1, 0.15) is 41.0 Å². The topological polar surface area (TPSA) is 0 Å². The maximum Gasteiger partial charge on any atom is -0.0180 e. The van der Waals surface area contributed by atoms with Crippen LogP contribution in [-0.4, -0.2) is 0 Å². The van der Waals surface area contributed by atoms with Crippen molar-refractivity contribution < 1.29 is 0 Å². The molecule has 1 rings (SSSR count). The first-order valence-corrected chi connectivity index (χ1v) is 4.63. The third kappa shape index (κ3) is 1.36. The summed E-state index contributed by atoms with van der Waals surface area (Å²) in [7, 11) is 0. The first kappa shape index (κ1) is 8.83. The summed E-state index contributed by atoms with van der Waals surface area (Å²) in [6.07, 6.45) is 3.67. The summed E-state index contributed by atoms with van der Waals surface area (Å²) in [5, 5.41) is 0. The Morgan fingerprint density at radius 1 is 1.36 bits per heavy atom. The fourth-order valence-corrected chi connectivity index (χ4v) is 1.86. The first-order chi connectivity index (χ1) is 4.96. The number of rotatable bonds is 0. The molecule has 0 radical (unpaired) electrons. The maximum absolute atomic E-state index is 2.40. The molecule has 11 heavy (non-hydrogen) atoms. The molecule has 64 valence electrons. The van der Waals surface area contributed by atoms with Crippen LogP contribution >= 0.6 is 0 Å². The summed E-state index contributed by atoms with van der Waals surface area (Å²) in [6.45, 7) is 11.7. The molecule has 0 amide bonds. The highest BCUT2D eigenvalue weighted by Crippen LogP contribution is 2.44. The molecule has 0 heteroatoms. The van der Waals surface area contributed by atoms with E-state index in [1.807, 2.05) is 0 Å². The lowest BCUT2D eigenvalue weighted by molar-refractivity contribution is 0.150. The summed E-state index contributed by atoms with van der Waals surface area (Å²) in [6, 6.07) is 0. The highest BCUT2D eigenvalue weighted by atomic mass is 14.4. The quantitative estimate of drug-likeness (QED) is 0.465. The van der Waals surface area contributed by atoms with Crippen molar-refractivity contribution in [2.45, 2.75) is 41.0 Å². The molecule has 2 unspecified atom stereocenters. The number of allylic oxidation sites excluding steroid dienone is 2. The van der Waals surface area contributed by atoms with Crippen molar-refractivity contribution in [2.75, 3.05) is 0 Å². The van der Waals surface area contributed by atoms with Crippen LogP contribution in [0.15, 0.2) is 11.6 Å². The Bertz CT molecular complexity index is 174. The molecule has 0 heterocycles. The van der Waals surface area contributed by atoms with Crippen LogP contribution in [0.25, 0.3) is 0 Å².